The number of rotatable bonds is 10. The number of benzene rings is 1. The predicted molar refractivity (Wildman–Crippen MR) is 124 cm³/mol. The van der Waals surface area contributed by atoms with Crippen molar-refractivity contribution >= 4 is 5.96 Å². The first-order valence-electron chi connectivity index (χ1n) is 11.4. The Morgan fingerprint density at radius 3 is 2.48 bits per heavy atom. The fourth-order valence-electron chi connectivity index (χ4n) is 4.19. The van der Waals surface area contributed by atoms with Gasteiger partial charge in [0.1, 0.15) is 11.5 Å². The number of methoxy groups -OCH3 is 2. The summed E-state index contributed by atoms with van der Waals surface area (Å²) < 4.78 is 16.2. The van der Waals surface area contributed by atoms with Crippen LogP contribution in [-0.4, -0.2) is 95.6 Å². The second kappa shape index (κ2) is 12.7. The Kier molecular flexibility index (Phi) is 9.71. The molecule has 2 saturated heterocycles. The molecule has 0 bridgehead atoms. The van der Waals surface area contributed by atoms with E-state index in [9.17, 15) is 0 Å². The molecule has 8 heteroatoms. The molecule has 2 fully saturated rings. The van der Waals surface area contributed by atoms with Crippen molar-refractivity contribution in [3.63, 3.8) is 0 Å². The molecule has 0 amide bonds. The number of guanidine groups is 1. The van der Waals surface area contributed by atoms with E-state index in [1.807, 2.05) is 13.1 Å². The first kappa shape index (κ1) is 23.6. The first-order chi connectivity index (χ1) is 15.2. The van der Waals surface area contributed by atoms with E-state index in [2.05, 4.69) is 37.6 Å². The van der Waals surface area contributed by atoms with Crippen molar-refractivity contribution in [3.05, 3.63) is 23.8 Å². The molecule has 3 rings (SSSR count). The van der Waals surface area contributed by atoms with Crippen LogP contribution in [0.1, 0.15) is 24.8 Å². The van der Waals surface area contributed by atoms with Gasteiger partial charge in [0.25, 0.3) is 0 Å². The molecular formula is C23H39N5O3. The Morgan fingerprint density at radius 1 is 1.06 bits per heavy atom. The molecule has 1 atom stereocenters. The van der Waals surface area contributed by atoms with E-state index >= 15 is 0 Å². The van der Waals surface area contributed by atoms with Crippen LogP contribution < -0.4 is 20.1 Å². The van der Waals surface area contributed by atoms with Crippen molar-refractivity contribution in [1.82, 2.24) is 20.4 Å². The Hall–Kier alpha value is -2.03. The summed E-state index contributed by atoms with van der Waals surface area (Å²) in [4.78, 5) is 9.36. The third-order valence-electron chi connectivity index (χ3n) is 5.95. The Bertz CT molecular complexity index is 672. The van der Waals surface area contributed by atoms with Gasteiger partial charge in [-0.15, -0.1) is 0 Å². The molecule has 8 nitrogen and oxygen atoms in total. The van der Waals surface area contributed by atoms with E-state index in [4.69, 9.17) is 14.2 Å². The molecule has 2 heterocycles. The van der Waals surface area contributed by atoms with Crippen LogP contribution in [0.5, 0.6) is 11.5 Å². The highest BCUT2D eigenvalue weighted by Crippen LogP contribution is 2.24. The monoisotopic (exact) mass is 433 g/mol. The number of nitrogens with one attached hydrogen (secondary N) is 2. The van der Waals surface area contributed by atoms with Crippen LogP contribution >= 0.6 is 0 Å². The summed E-state index contributed by atoms with van der Waals surface area (Å²) in [5.74, 6) is 2.57. The SMILES string of the molecule is CN=C(NCCCCN1CCOCC1)NC1CCN(Cc2cc(OC)cc(OC)c2)C1. The summed E-state index contributed by atoms with van der Waals surface area (Å²) in [6.07, 6.45) is 3.45. The molecule has 2 aliphatic heterocycles. The highest BCUT2D eigenvalue weighted by Gasteiger charge is 2.23. The molecule has 0 aliphatic carbocycles. The molecular weight excluding hydrogens is 394 g/mol. The molecule has 1 unspecified atom stereocenters. The normalized spacial score (nSPS) is 20.6. The Morgan fingerprint density at radius 2 is 1.81 bits per heavy atom. The number of ether oxygens (including phenoxy) is 3. The maximum atomic E-state index is 5.41. The van der Waals surface area contributed by atoms with E-state index in [0.29, 0.717) is 6.04 Å². The van der Waals surface area contributed by atoms with Gasteiger partial charge in [-0.2, -0.15) is 0 Å². The quantitative estimate of drug-likeness (QED) is 0.330. The number of hydrogen-bond acceptors (Lipinski definition) is 6. The minimum atomic E-state index is 0.409. The summed E-state index contributed by atoms with van der Waals surface area (Å²) in [6.45, 7) is 8.93. The molecule has 0 spiro atoms. The van der Waals surface area contributed by atoms with Gasteiger partial charge in [-0.05, 0) is 43.5 Å². The third-order valence-corrected chi connectivity index (χ3v) is 5.95. The lowest BCUT2D eigenvalue weighted by Crippen LogP contribution is -2.45. The topological polar surface area (TPSA) is 70.6 Å². The molecule has 0 radical (unpaired) electrons. The van der Waals surface area contributed by atoms with Gasteiger partial charge in [0, 0.05) is 58.4 Å². The fourth-order valence-corrected chi connectivity index (χ4v) is 4.19. The Balaban J connectivity index is 1.35. The van der Waals surface area contributed by atoms with Crippen molar-refractivity contribution in [2.75, 3.05) is 73.7 Å². The number of nitrogens with zero attached hydrogens (tertiary/aromatic N) is 3. The van der Waals surface area contributed by atoms with E-state index in [0.717, 1.165) is 89.3 Å². The zero-order valence-electron chi connectivity index (χ0n) is 19.4. The van der Waals surface area contributed by atoms with Crippen LogP contribution in [0.4, 0.5) is 0 Å². The van der Waals surface area contributed by atoms with E-state index in [1.165, 1.54) is 12.0 Å². The van der Waals surface area contributed by atoms with Crippen molar-refractivity contribution < 1.29 is 14.2 Å². The van der Waals surface area contributed by atoms with Gasteiger partial charge < -0.3 is 24.8 Å². The average Bonchev–Trinajstić information content (AvgIpc) is 3.25. The second-order valence-electron chi connectivity index (χ2n) is 8.25. The lowest BCUT2D eigenvalue weighted by atomic mass is 10.2. The zero-order chi connectivity index (χ0) is 21.9. The van der Waals surface area contributed by atoms with E-state index in [1.54, 1.807) is 14.2 Å². The third kappa shape index (κ3) is 7.87. The van der Waals surface area contributed by atoms with E-state index < -0.39 is 0 Å². The summed E-state index contributed by atoms with van der Waals surface area (Å²) >= 11 is 0. The molecule has 0 saturated carbocycles. The minimum absolute atomic E-state index is 0.409. The van der Waals surface area contributed by atoms with Crippen LogP contribution in [0.3, 0.4) is 0 Å². The van der Waals surface area contributed by atoms with Gasteiger partial charge in [-0.25, -0.2) is 0 Å². The van der Waals surface area contributed by atoms with Gasteiger partial charge in [-0.1, -0.05) is 0 Å². The van der Waals surface area contributed by atoms with Gasteiger partial charge in [0.05, 0.1) is 27.4 Å². The van der Waals surface area contributed by atoms with Gasteiger partial charge in [-0.3, -0.25) is 14.8 Å². The van der Waals surface area contributed by atoms with Crippen molar-refractivity contribution in [3.8, 4) is 11.5 Å². The largest absolute Gasteiger partial charge is 0.497 e. The Labute approximate surface area is 186 Å². The lowest BCUT2D eigenvalue weighted by Gasteiger charge is -2.26. The molecule has 31 heavy (non-hydrogen) atoms. The highest BCUT2D eigenvalue weighted by molar-refractivity contribution is 5.79. The fraction of sp³-hybridized carbons (Fsp3) is 0.696. The number of unbranched alkanes of at least 4 members (excludes halogenated alkanes) is 1. The molecule has 174 valence electrons. The van der Waals surface area contributed by atoms with Crippen molar-refractivity contribution in [1.29, 1.82) is 0 Å². The molecule has 2 N–H and O–H groups in total. The maximum absolute atomic E-state index is 5.41. The number of hydrogen-bond donors (Lipinski definition) is 2. The van der Waals surface area contributed by atoms with Crippen LogP contribution in [0.15, 0.2) is 23.2 Å². The number of likely N-dealkylation sites (tertiary alicyclic amines) is 1. The number of aliphatic imine (C=N–C) groups is 1. The molecule has 1 aromatic rings. The maximum Gasteiger partial charge on any atom is 0.191 e. The lowest BCUT2D eigenvalue weighted by molar-refractivity contribution is 0.0372. The highest BCUT2D eigenvalue weighted by atomic mass is 16.5. The van der Waals surface area contributed by atoms with Gasteiger partial charge >= 0.3 is 0 Å². The smallest absolute Gasteiger partial charge is 0.191 e. The molecule has 2 aliphatic rings. The summed E-state index contributed by atoms with van der Waals surface area (Å²) in [6, 6.07) is 6.49. The van der Waals surface area contributed by atoms with Crippen LogP contribution in [0.2, 0.25) is 0 Å². The van der Waals surface area contributed by atoms with Gasteiger partial charge in [0.15, 0.2) is 5.96 Å². The summed E-state index contributed by atoms with van der Waals surface area (Å²) in [5, 5.41) is 7.06. The van der Waals surface area contributed by atoms with Gasteiger partial charge in [0.2, 0.25) is 0 Å². The van der Waals surface area contributed by atoms with Crippen molar-refractivity contribution in [2.45, 2.75) is 31.8 Å². The molecule has 1 aromatic carbocycles. The van der Waals surface area contributed by atoms with Crippen LogP contribution in [0.25, 0.3) is 0 Å². The predicted octanol–water partition coefficient (Wildman–Crippen LogP) is 1.56. The second-order valence-corrected chi connectivity index (χ2v) is 8.25. The minimum Gasteiger partial charge on any atom is -0.497 e. The van der Waals surface area contributed by atoms with Crippen LogP contribution in [0, 0.1) is 0 Å². The van der Waals surface area contributed by atoms with Crippen LogP contribution in [-0.2, 0) is 11.3 Å². The average molecular weight is 434 g/mol. The van der Waals surface area contributed by atoms with E-state index in [-0.39, 0.29) is 0 Å². The summed E-state index contributed by atoms with van der Waals surface area (Å²) in [5.41, 5.74) is 1.21. The first-order valence-corrected chi connectivity index (χ1v) is 11.4. The number of morpholine rings is 1. The molecule has 0 aromatic heterocycles. The standard InChI is InChI=1S/C23H39N5O3/c1-24-23(25-7-4-5-8-27-10-12-31-13-11-27)26-20-6-9-28(18-20)17-19-14-21(29-2)16-22(15-19)30-3/h14-16,20H,4-13,17-18H2,1-3H3,(H2,24,25,26). The summed E-state index contributed by atoms with van der Waals surface area (Å²) in [7, 11) is 5.23. The van der Waals surface area contributed by atoms with Crippen molar-refractivity contribution in [2.24, 2.45) is 4.99 Å². The zero-order valence-corrected chi connectivity index (χ0v) is 19.4.